The van der Waals surface area contributed by atoms with Crippen molar-refractivity contribution in [3.63, 3.8) is 0 Å². The van der Waals surface area contributed by atoms with Crippen molar-refractivity contribution in [3.05, 3.63) is 0 Å². The zero-order valence-corrected chi connectivity index (χ0v) is 18.8. The van der Waals surface area contributed by atoms with Gasteiger partial charge in [-0.3, -0.25) is 4.90 Å². The summed E-state index contributed by atoms with van der Waals surface area (Å²) in [5.74, 6) is 0. The third-order valence-electron chi connectivity index (χ3n) is 3.25. The van der Waals surface area contributed by atoms with Gasteiger partial charge in [-0.05, 0) is 38.0 Å². The molecule has 0 aromatic carbocycles. The van der Waals surface area contributed by atoms with Gasteiger partial charge < -0.3 is 0 Å². The molecule has 0 bridgehead atoms. The molecule has 5 heteroatoms. The summed E-state index contributed by atoms with van der Waals surface area (Å²) in [4.78, 5) is 2.65. The molecule has 0 aliphatic heterocycles. The Morgan fingerprint density at radius 3 is 1.25 bits per heavy atom. The fourth-order valence-electron chi connectivity index (χ4n) is 2.52. The summed E-state index contributed by atoms with van der Waals surface area (Å²) in [6.45, 7) is 23.7. The molecular formula is C15H34Cl2NPPd. The van der Waals surface area contributed by atoms with Crippen LogP contribution in [-0.4, -0.2) is 33.6 Å². The van der Waals surface area contributed by atoms with E-state index in [1.807, 2.05) is 0 Å². The van der Waals surface area contributed by atoms with Gasteiger partial charge in [-0.15, -0.1) is 0 Å². The van der Waals surface area contributed by atoms with Crippen molar-refractivity contribution < 1.29 is 15.9 Å². The monoisotopic (exact) mass is 435 g/mol. The van der Waals surface area contributed by atoms with Crippen LogP contribution in [0, 0.1) is 0 Å². The summed E-state index contributed by atoms with van der Waals surface area (Å²) >= 11 is -0.106. The first-order valence-corrected chi connectivity index (χ1v) is 12.7. The van der Waals surface area contributed by atoms with Gasteiger partial charge in [-0.2, -0.15) is 0 Å². The van der Waals surface area contributed by atoms with Crippen LogP contribution in [0.5, 0.6) is 0 Å². The van der Waals surface area contributed by atoms with E-state index in [0.717, 1.165) is 0 Å². The molecule has 0 aromatic rings. The molecule has 0 N–H and O–H groups in total. The summed E-state index contributed by atoms with van der Waals surface area (Å²) in [5.41, 5.74) is 0. The predicted molar refractivity (Wildman–Crippen MR) is 95.1 cm³/mol. The quantitative estimate of drug-likeness (QED) is 0.358. The number of hydrogen-bond donors (Lipinski definition) is 0. The van der Waals surface area contributed by atoms with Crippen LogP contribution >= 0.6 is 27.0 Å². The van der Waals surface area contributed by atoms with Crippen LogP contribution in [-0.2, 0) is 15.9 Å². The van der Waals surface area contributed by atoms with Crippen LogP contribution in [0.15, 0.2) is 0 Å². The van der Waals surface area contributed by atoms with Gasteiger partial charge in [0, 0.05) is 18.4 Å². The topological polar surface area (TPSA) is 3.24 Å². The summed E-state index contributed by atoms with van der Waals surface area (Å²) in [6, 6.07) is 1.29. The average Bonchev–Trinajstić information content (AvgIpc) is 2.13. The fourth-order valence-corrected chi connectivity index (χ4v) is 6.36. The van der Waals surface area contributed by atoms with Crippen molar-refractivity contribution in [2.24, 2.45) is 0 Å². The molecule has 0 aliphatic carbocycles. The molecule has 0 fully saturated rings. The summed E-state index contributed by atoms with van der Waals surface area (Å²) < 4.78 is 0. The molecule has 0 heterocycles. The van der Waals surface area contributed by atoms with Crippen LogP contribution in [0.4, 0.5) is 0 Å². The molecule has 0 radical (unpaired) electrons. The molecule has 20 heavy (non-hydrogen) atoms. The van der Waals surface area contributed by atoms with Crippen LogP contribution in [0.1, 0.15) is 69.2 Å². The Hall–Kier alpha value is 1.63. The van der Waals surface area contributed by atoms with E-state index in [0.29, 0.717) is 22.4 Å². The molecule has 0 rings (SSSR count). The molecule has 1 nitrogen and oxygen atoms in total. The Kier molecular flexibility index (Phi) is 12.4. The van der Waals surface area contributed by atoms with Gasteiger partial charge in [-0.1, -0.05) is 49.5 Å². The van der Waals surface area contributed by atoms with Crippen molar-refractivity contribution in [3.8, 4) is 0 Å². The van der Waals surface area contributed by atoms with Gasteiger partial charge >= 0.3 is 35.0 Å². The average molecular weight is 437 g/mol. The second kappa shape index (κ2) is 10.4. The van der Waals surface area contributed by atoms with Gasteiger partial charge in [0.25, 0.3) is 0 Å². The van der Waals surface area contributed by atoms with E-state index in [4.69, 9.17) is 19.1 Å². The molecule has 0 atom stereocenters. The Labute approximate surface area is 145 Å². The number of nitrogens with zero attached hydrogens (tertiary/aromatic N) is 1. The number of halogens is 2. The first-order chi connectivity index (χ1) is 8.78. The normalized spacial score (nSPS) is 13.4. The van der Waals surface area contributed by atoms with Crippen molar-refractivity contribution in [2.45, 2.75) is 91.6 Å². The van der Waals surface area contributed by atoms with Crippen LogP contribution in [0.3, 0.4) is 0 Å². The summed E-state index contributed by atoms with van der Waals surface area (Å²) in [6.07, 6.45) is 1.26. The SMILES string of the molecule is CC(C)N(CP(C(C)(C)C)C(C)(C)C)C(C)C.[Cl][Pd][Cl]. The maximum atomic E-state index is 4.81. The van der Waals surface area contributed by atoms with Gasteiger partial charge in [0.2, 0.25) is 0 Å². The minimum atomic E-state index is -0.106. The van der Waals surface area contributed by atoms with E-state index < -0.39 is 0 Å². The molecule has 0 saturated carbocycles. The fraction of sp³-hybridized carbons (Fsp3) is 1.00. The third-order valence-corrected chi connectivity index (χ3v) is 7.10. The summed E-state index contributed by atoms with van der Waals surface area (Å²) in [7, 11) is 9.61. The van der Waals surface area contributed by atoms with Crippen molar-refractivity contribution in [1.29, 1.82) is 0 Å². The minimum absolute atomic E-state index is 0.0211. The van der Waals surface area contributed by atoms with Crippen LogP contribution in [0.25, 0.3) is 0 Å². The first-order valence-electron chi connectivity index (χ1n) is 7.14. The zero-order valence-electron chi connectivity index (χ0n) is 14.8. The molecule has 0 saturated heterocycles. The van der Waals surface area contributed by atoms with Crippen molar-refractivity contribution >= 4 is 27.0 Å². The van der Waals surface area contributed by atoms with E-state index in [-0.39, 0.29) is 23.9 Å². The zero-order chi connectivity index (χ0) is 16.7. The van der Waals surface area contributed by atoms with Gasteiger partial charge in [0.15, 0.2) is 0 Å². The number of hydrogen-bond acceptors (Lipinski definition) is 1. The summed E-state index contributed by atoms with van der Waals surface area (Å²) in [5, 5.41) is 0.852. The van der Waals surface area contributed by atoms with E-state index in [1.54, 1.807) is 0 Å². The second-order valence-electron chi connectivity index (χ2n) is 7.66. The predicted octanol–water partition coefficient (Wildman–Crippen LogP) is 6.52. The van der Waals surface area contributed by atoms with E-state index in [2.05, 4.69) is 74.1 Å². The van der Waals surface area contributed by atoms with Gasteiger partial charge in [0.1, 0.15) is 0 Å². The molecule has 0 aliphatic rings. The third kappa shape index (κ3) is 10.4. The first kappa shape index (κ1) is 23.9. The number of rotatable bonds is 4. The van der Waals surface area contributed by atoms with Crippen molar-refractivity contribution in [2.75, 3.05) is 6.29 Å². The van der Waals surface area contributed by atoms with Crippen LogP contribution in [0.2, 0.25) is 0 Å². The van der Waals surface area contributed by atoms with E-state index in [9.17, 15) is 0 Å². The van der Waals surface area contributed by atoms with Crippen molar-refractivity contribution in [1.82, 2.24) is 4.90 Å². The van der Waals surface area contributed by atoms with E-state index >= 15 is 0 Å². The Morgan fingerprint density at radius 2 is 1.10 bits per heavy atom. The Bertz CT molecular complexity index is 225. The Morgan fingerprint density at radius 1 is 0.850 bits per heavy atom. The molecule has 128 valence electrons. The van der Waals surface area contributed by atoms with Crippen LogP contribution < -0.4 is 0 Å². The maximum absolute atomic E-state index is 4.81. The molecule has 0 aromatic heterocycles. The van der Waals surface area contributed by atoms with E-state index in [1.165, 1.54) is 6.29 Å². The second-order valence-corrected chi connectivity index (χ2v) is 13.8. The standard InChI is InChI=1S/C15H34NP.2ClH.Pd/c1-12(2)16(13(3)4)11-17(14(5,6)7)15(8,9)10;;;/h12-13H,11H2,1-10H3;2*1H;/q;;;+2/p-2. The molecule has 0 spiro atoms. The molecular weight excluding hydrogens is 402 g/mol. The van der Waals surface area contributed by atoms with Gasteiger partial charge in [-0.25, -0.2) is 0 Å². The Balaban J connectivity index is 0. The van der Waals surface area contributed by atoms with Gasteiger partial charge in [0.05, 0.1) is 0 Å². The molecule has 0 amide bonds. The molecule has 0 unspecified atom stereocenters.